The molecule has 4 N–H and O–H groups in total. The van der Waals surface area contributed by atoms with Crippen molar-refractivity contribution < 1.29 is 9.84 Å². The Kier molecular flexibility index (Phi) is 8.96. The Labute approximate surface area is 156 Å². The minimum absolute atomic E-state index is 0.471. The Hall–Kier alpha value is -2.08. The van der Waals surface area contributed by atoms with Crippen molar-refractivity contribution in [2.75, 3.05) is 18.5 Å². The van der Waals surface area contributed by atoms with Gasteiger partial charge in [0.2, 0.25) is 0 Å². The van der Waals surface area contributed by atoms with Crippen LogP contribution in [0.5, 0.6) is 5.75 Å². The Balaban J connectivity index is 1.52. The highest BCUT2D eigenvalue weighted by Gasteiger charge is 2.18. The van der Waals surface area contributed by atoms with Crippen molar-refractivity contribution in [2.24, 2.45) is 15.9 Å². The van der Waals surface area contributed by atoms with Crippen molar-refractivity contribution >= 4 is 17.6 Å². The molecular formula is C20H32N4O2. The van der Waals surface area contributed by atoms with Crippen molar-refractivity contribution in [1.29, 1.82) is 0 Å². The molecule has 1 aromatic carbocycles. The van der Waals surface area contributed by atoms with Crippen LogP contribution < -0.4 is 15.9 Å². The lowest BCUT2D eigenvalue weighted by molar-refractivity contribution is 0.212. The number of ether oxygens (including phenoxy) is 1. The fourth-order valence-electron chi connectivity index (χ4n) is 2.95. The summed E-state index contributed by atoms with van der Waals surface area (Å²) in [6.07, 6.45) is 9.52. The molecule has 2 rings (SSSR count). The van der Waals surface area contributed by atoms with Crippen molar-refractivity contribution in [3.63, 3.8) is 0 Å². The van der Waals surface area contributed by atoms with Gasteiger partial charge in [0.1, 0.15) is 12.0 Å². The quantitative estimate of drug-likeness (QED) is 0.230. The normalized spacial score (nSPS) is 16.7. The molecule has 1 aliphatic heterocycles. The first-order valence-corrected chi connectivity index (χ1v) is 9.70. The zero-order valence-electron chi connectivity index (χ0n) is 15.8. The number of aliphatic hydroxyl groups is 1. The molecule has 0 saturated carbocycles. The monoisotopic (exact) mass is 360 g/mol. The SMILES string of the molecule is CCCCC(C=NCCCCCCOc1ccc2c(c1)CC(O)N2)=NN. The van der Waals surface area contributed by atoms with E-state index in [1.807, 2.05) is 24.4 Å². The summed E-state index contributed by atoms with van der Waals surface area (Å²) in [7, 11) is 0. The second-order valence-corrected chi connectivity index (χ2v) is 6.71. The maximum atomic E-state index is 9.58. The molecule has 0 bridgehead atoms. The highest BCUT2D eigenvalue weighted by Crippen LogP contribution is 2.28. The molecule has 144 valence electrons. The Morgan fingerprint density at radius 3 is 2.96 bits per heavy atom. The summed E-state index contributed by atoms with van der Waals surface area (Å²) in [5.74, 6) is 6.24. The summed E-state index contributed by atoms with van der Waals surface area (Å²) in [5, 5.41) is 16.4. The number of hydrogen-bond acceptors (Lipinski definition) is 6. The van der Waals surface area contributed by atoms with Gasteiger partial charge in [0.25, 0.3) is 0 Å². The lowest BCUT2D eigenvalue weighted by Crippen LogP contribution is -2.12. The summed E-state index contributed by atoms with van der Waals surface area (Å²) in [6, 6.07) is 5.94. The molecule has 6 heteroatoms. The third-order valence-electron chi connectivity index (χ3n) is 4.45. The predicted octanol–water partition coefficient (Wildman–Crippen LogP) is 3.49. The second-order valence-electron chi connectivity index (χ2n) is 6.71. The number of hydrazone groups is 1. The highest BCUT2D eigenvalue weighted by molar-refractivity contribution is 6.30. The fourth-order valence-corrected chi connectivity index (χ4v) is 2.95. The average molecular weight is 361 g/mol. The molecule has 0 aliphatic carbocycles. The van der Waals surface area contributed by atoms with Gasteiger partial charge in [-0.1, -0.05) is 19.8 Å². The first kappa shape index (κ1) is 20.2. The smallest absolute Gasteiger partial charge is 0.128 e. The van der Waals surface area contributed by atoms with E-state index >= 15 is 0 Å². The molecular weight excluding hydrogens is 328 g/mol. The van der Waals surface area contributed by atoms with Gasteiger partial charge >= 0.3 is 0 Å². The summed E-state index contributed by atoms with van der Waals surface area (Å²) < 4.78 is 5.81. The van der Waals surface area contributed by atoms with E-state index in [4.69, 9.17) is 10.6 Å². The summed E-state index contributed by atoms with van der Waals surface area (Å²) in [4.78, 5) is 4.41. The average Bonchev–Trinajstić information content (AvgIpc) is 3.02. The minimum Gasteiger partial charge on any atom is -0.494 e. The molecule has 1 aromatic rings. The van der Waals surface area contributed by atoms with Crippen molar-refractivity contribution in [2.45, 2.75) is 64.5 Å². The van der Waals surface area contributed by atoms with E-state index < -0.39 is 6.23 Å². The van der Waals surface area contributed by atoms with E-state index in [0.29, 0.717) is 6.42 Å². The number of anilines is 1. The lowest BCUT2D eigenvalue weighted by atomic mass is 10.1. The van der Waals surface area contributed by atoms with Gasteiger partial charge in [0.15, 0.2) is 0 Å². The van der Waals surface area contributed by atoms with E-state index in [2.05, 4.69) is 22.3 Å². The van der Waals surface area contributed by atoms with Crippen LogP contribution in [0, 0.1) is 0 Å². The lowest BCUT2D eigenvalue weighted by Gasteiger charge is -2.07. The number of nitrogens with zero attached hydrogens (tertiary/aromatic N) is 2. The molecule has 0 spiro atoms. The third kappa shape index (κ3) is 7.04. The molecule has 1 heterocycles. The largest absolute Gasteiger partial charge is 0.494 e. The summed E-state index contributed by atoms with van der Waals surface area (Å²) in [6.45, 7) is 3.70. The fraction of sp³-hybridized carbons (Fsp3) is 0.600. The van der Waals surface area contributed by atoms with Gasteiger partial charge < -0.3 is 21.0 Å². The number of fused-ring (bicyclic) bond motifs is 1. The summed E-state index contributed by atoms with van der Waals surface area (Å²) >= 11 is 0. The van der Waals surface area contributed by atoms with Gasteiger partial charge in [0, 0.05) is 24.9 Å². The van der Waals surface area contributed by atoms with Gasteiger partial charge in [-0.05, 0) is 55.9 Å². The number of hydrogen-bond donors (Lipinski definition) is 3. The Morgan fingerprint density at radius 2 is 2.15 bits per heavy atom. The number of aliphatic imine (C=N–C) groups is 1. The molecule has 0 amide bonds. The van der Waals surface area contributed by atoms with Crippen LogP contribution in [-0.4, -0.2) is 36.4 Å². The number of rotatable bonds is 12. The topological polar surface area (TPSA) is 92.2 Å². The van der Waals surface area contributed by atoms with Crippen LogP contribution in [0.15, 0.2) is 28.3 Å². The van der Waals surface area contributed by atoms with Gasteiger partial charge in [0.05, 0.1) is 12.3 Å². The molecule has 26 heavy (non-hydrogen) atoms. The van der Waals surface area contributed by atoms with E-state index in [1.165, 1.54) is 0 Å². The van der Waals surface area contributed by atoms with Gasteiger partial charge in [-0.25, -0.2) is 0 Å². The standard InChI is InChI=1S/C20H32N4O2/c1-2-3-8-17(24-21)15-22-11-6-4-5-7-12-26-18-9-10-19-16(13-18)14-20(25)23-19/h9-10,13,15,20,23,25H,2-8,11-12,14,21H2,1H3. The molecule has 1 atom stereocenters. The highest BCUT2D eigenvalue weighted by atomic mass is 16.5. The third-order valence-corrected chi connectivity index (χ3v) is 4.45. The maximum Gasteiger partial charge on any atom is 0.128 e. The second kappa shape index (κ2) is 11.5. The van der Waals surface area contributed by atoms with Crippen LogP contribution in [0.2, 0.25) is 0 Å². The molecule has 0 fully saturated rings. The Morgan fingerprint density at radius 1 is 1.31 bits per heavy atom. The number of unbranched alkanes of at least 4 members (excludes halogenated alkanes) is 4. The van der Waals surface area contributed by atoms with E-state index in [0.717, 1.165) is 80.8 Å². The molecule has 6 nitrogen and oxygen atoms in total. The molecule has 1 aliphatic rings. The number of aliphatic hydroxyl groups excluding tert-OH is 1. The first-order chi connectivity index (χ1) is 12.7. The van der Waals surface area contributed by atoms with Crippen LogP contribution in [0.25, 0.3) is 0 Å². The van der Waals surface area contributed by atoms with Crippen molar-refractivity contribution in [3.8, 4) is 5.75 Å². The molecule has 0 radical (unpaired) electrons. The van der Waals surface area contributed by atoms with Crippen LogP contribution in [0.1, 0.15) is 57.4 Å². The van der Waals surface area contributed by atoms with Crippen molar-refractivity contribution in [3.05, 3.63) is 23.8 Å². The van der Waals surface area contributed by atoms with E-state index in [9.17, 15) is 5.11 Å². The molecule has 0 saturated heterocycles. The minimum atomic E-state index is -0.471. The maximum absolute atomic E-state index is 9.58. The van der Waals surface area contributed by atoms with E-state index in [1.54, 1.807) is 0 Å². The van der Waals surface area contributed by atoms with Gasteiger partial charge in [-0.15, -0.1) is 0 Å². The van der Waals surface area contributed by atoms with Crippen LogP contribution >= 0.6 is 0 Å². The van der Waals surface area contributed by atoms with Gasteiger partial charge in [-0.3, -0.25) is 4.99 Å². The number of nitrogens with one attached hydrogen (secondary N) is 1. The predicted molar refractivity (Wildman–Crippen MR) is 108 cm³/mol. The van der Waals surface area contributed by atoms with Crippen LogP contribution in [0.3, 0.4) is 0 Å². The zero-order valence-corrected chi connectivity index (χ0v) is 15.8. The van der Waals surface area contributed by atoms with Crippen LogP contribution in [0.4, 0.5) is 5.69 Å². The zero-order chi connectivity index (χ0) is 18.6. The van der Waals surface area contributed by atoms with Gasteiger partial charge in [-0.2, -0.15) is 5.10 Å². The van der Waals surface area contributed by atoms with Crippen LogP contribution in [-0.2, 0) is 6.42 Å². The molecule has 1 unspecified atom stereocenters. The van der Waals surface area contributed by atoms with Crippen molar-refractivity contribution in [1.82, 2.24) is 0 Å². The number of benzene rings is 1. The number of nitrogens with two attached hydrogens (primary N) is 1. The first-order valence-electron chi connectivity index (χ1n) is 9.70. The van der Waals surface area contributed by atoms with E-state index in [-0.39, 0.29) is 0 Å². The summed E-state index contributed by atoms with van der Waals surface area (Å²) in [5.41, 5.74) is 3.01. The molecule has 0 aromatic heterocycles. The Bertz CT molecular complexity index is 601.